The lowest BCUT2D eigenvalue weighted by molar-refractivity contribution is -0.137. The summed E-state index contributed by atoms with van der Waals surface area (Å²) in [4.78, 5) is 15.8. The SMILES string of the molecule is O=c1oc(-c2ccccc2OC(F)F)nc2cc(C(F)(F)F)ccc12. The molecule has 0 atom stereocenters. The van der Waals surface area contributed by atoms with Gasteiger partial charge in [-0.3, -0.25) is 0 Å². The van der Waals surface area contributed by atoms with E-state index in [4.69, 9.17) is 4.42 Å². The first kappa shape index (κ1) is 16.9. The molecule has 0 radical (unpaired) electrons. The smallest absolute Gasteiger partial charge is 0.416 e. The molecule has 0 fully saturated rings. The van der Waals surface area contributed by atoms with Crippen molar-refractivity contribution in [3.8, 4) is 17.2 Å². The van der Waals surface area contributed by atoms with Crippen molar-refractivity contribution in [1.82, 2.24) is 4.98 Å². The molecule has 2 aromatic carbocycles. The lowest BCUT2D eigenvalue weighted by Crippen LogP contribution is -2.08. The van der Waals surface area contributed by atoms with Crippen LogP contribution >= 0.6 is 0 Å². The molecule has 0 spiro atoms. The molecule has 1 aromatic heterocycles. The number of ether oxygens (including phenoxy) is 1. The van der Waals surface area contributed by atoms with E-state index in [1.165, 1.54) is 24.3 Å². The Morgan fingerprint density at radius 1 is 1.08 bits per heavy atom. The van der Waals surface area contributed by atoms with Crippen LogP contribution in [0.4, 0.5) is 22.0 Å². The molecule has 0 unspecified atom stereocenters. The Balaban J connectivity index is 2.20. The van der Waals surface area contributed by atoms with Crippen LogP contribution < -0.4 is 10.4 Å². The van der Waals surface area contributed by atoms with Crippen LogP contribution in [0.15, 0.2) is 51.7 Å². The first-order valence-electron chi connectivity index (χ1n) is 6.82. The third-order valence-corrected chi connectivity index (χ3v) is 3.29. The molecule has 0 amide bonds. The van der Waals surface area contributed by atoms with E-state index in [1.54, 1.807) is 0 Å². The number of aromatic nitrogens is 1. The highest BCUT2D eigenvalue weighted by Gasteiger charge is 2.31. The summed E-state index contributed by atoms with van der Waals surface area (Å²) in [7, 11) is 0. The van der Waals surface area contributed by atoms with Crippen molar-refractivity contribution in [1.29, 1.82) is 0 Å². The number of hydrogen-bond acceptors (Lipinski definition) is 4. The molecule has 0 saturated heterocycles. The van der Waals surface area contributed by atoms with Gasteiger partial charge in [-0.05, 0) is 30.3 Å². The van der Waals surface area contributed by atoms with E-state index >= 15 is 0 Å². The van der Waals surface area contributed by atoms with Crippen molar-refractivity contribution in [2.75, 3.05) is 0 Å². The van der Waals surface area contributed by atoms with Crippen LogP contribution in [0.5, 0.6) is 5.75 Å². The maximum absolute atomic E-state index is 12.8. The molecule has 3 rings (SSSR count). The van der Waals surface area contributed by atoms with Crippen LogP contribution in [0.1, 0.15) is 5.56 Å². The Kier molecular flexibility index (Phi) is 4.15. The van der Waals surface area contributed by atoms with E-state index in [0.29, 0.717) is 6.07 Å². The highest BCUT2D eigenvalue weighted by molar-refractivity contribution is 5.80. The first-order valence-corrected chi connectivity index (χ1v) is 6.82. The molecule has 25 heavy (non-hydrogen) atoms. The van der Waals surface area contributed by atoms with E-state index in [1.807, 2.05) is 0 Å². The molecule has 4 nitrogen and oxygen atoms in total. The van der Waals surface area contributed by atoms with Crippen molar-refractivity contribution in [2.45, 2.75) is 12.8 Å². The van der Waals surface area contributed by atoms with Gasteiger partial charge in [0, 0.05) is 0 Å². The van der Waals surface area contributed by atoms with Crippen LogP contribution in [0.25, 0.3) is 22.4 Å². The topological polar surface area (TPSA) is 52.3 Å². The number of alkyl halides is 5. The number of nitrogens with zero attached hydrogens (tertiary/aromatic N) is 1. The molecule has 0 saturated carbocycles. The molecule has 3 aromatic rings. The van der Waals surface area contributed by atoms with Crippen LogP contribution in [0.3, 0.4) is 0 Å². The lowest BCUT2D eigenvalue weighted by atomic mass is 10.1. The monoisotopic (exact) mass is 357 g/mol. The van der Waals surface area contributed by atoms with Gasteiger partial charge in [0.1, 0.15) is 5.75 Å². The second kappa shape index (κ2) is 6.15. The van der Waals surface area contributed by atoms with Crippen molar-refractivity contribution >= 4 is 10.9 Å². The van der Waals surface area contributed by atoms with E-state index in [0.717, 1.165) is 12.1 Å². The van der Waals surface area contributed by atoms with Gasteiger partial charge in [0.2, 0.25) is 5.89 Å². The average Bonchev–Trinajstić information content (AvgIpc) is 2.53. The first-order chi connectivity index (χ1) is 11.8. The molecule has 130 valence electrons. The summed E-state index contributed by atoms with van der Waals surface area (Å²) in [5.74, 6) is -0.743. The summed E-state index contributed by atoms with van der Waals surface area (Å²) < 4.78 is 72.7. The normalized spacial score (nSPS) is 11.9. The van der Waals surface area contributed by atoms with E-state index in [2.05, 4.69) is 9.72 Å². The molecule has 1 heterocycles. The largest absolute Gasteiger partial charge is 0.434 e. The van der Waals surface area contributed by atoms with Gasteiger partial charge in [0.25, 0.3) is 0 Å². The van der Waals surface area contributed by atoms with Gasteiger partial charge in [-0.1, -0.05) is 12.1 Å². The lowest BCUT2D eigenvalue weighted by Gasteiger charge is -2.10. The Morgan fingerprint density at radius 2 is 1.80 bits per heavy atom. The van der Waals surface area contributed by atoms with Crippen molar-refractivity contribution < 1.29 is 31.1 Å². The fourth-order valence-corrected chi connectivity index (χ4v) is 2.21. The van der Waals surface area contributed by atoms with Gasteiger partial charge < -0.3 is 9.15 Å². The zero-order chi connectivity index (χ0) is 18.2. The van der Waals surface area contributed by atoms with Gasteiger partial charge in [0.05, 0.1) is 22.0 Å². The van der Waals surface area contributed by atoms with E-state index < -0.39 is 29.9 Å². The summed E-state index contributed by atoms with van der Waals surface area (Å²) in [6, 6.07) is 7.71. The Hall–Kier alpha value is -2.97. The quantitative estimate of drug-likeness (QED) is 0.649. The average molecular weight is 357 g/mol. The third kappa shape index (κ3) is 3.44. The second-order valence-electron chi connectivity index (χ2n) is 4.91. The maximum atomic E-state index is 12.8. The molecular weight excluding hydrogens is 349 g/mol. The number of fused-ring (bicyclic) bond motifs is 1. The van der Waals surface area contributed by atoms with Crippen LogP contribution in [-0.2, 0) is 6.18 Å². The summed E-state index contributed by atoms with van der Waals surface area (Å²) in [6.07, 6.45) is -4.62. The molecule has 0 N–H and O–H groups in total. The van der Waals surface area contributed by atoms with Gasteiger partial charge in [-0.25, -0.2) is 9.78 Å². The molecule has 0 aliphatic rings. The minimum absolute atomic E-state index is 0.0841. The summed E-state index contributed by atoms with van der Waals surface area (Å²) in [5, 5.41) is -0.163. The fourth-order valence-electron chi connectivity index (χ4n) is 2.21. The number of rotatable bonds is 3. The zero-order valence-corrected chi connectivity index (χ0v) is 12.2. The maximum Gasteiger partial charge on any atom is 0.416 e. The highest BCUT2D eigenvalue weighted by atomic mass is 19.4. The molecule has 0 aliphatic heterocycles. The van der Waals surface area contributed by atoms with E-state index in [9.17, 15) is 26.7 Å². The van der Waals surface area contributed by atoms with Crippen LogP contribution in [-0.4, -0.2) is 11.6 Å². The Morgan fingerprint density at radius 3 is 2.48 bits per heavy atom. The van der Waals surface area contributed by atoms with Crippen molar-refractivity contribution in [3.05, 3.63) is 58.4 Å². The minimum Gasteiger partial charge on any atom is -0.434 e. The van der Waals surface area contributed by atoms with Gasteiger partial charge in [-0.15, -0.1) is 0 Å². The van der Waals surface area contributed by atoms with Crippen LogP contribution in [0, 0.1) is 0 Å². The standard InChI is InChI=1S/C16H8F5NO3/c17-15(18)24-12-4-2-1-3-10(12)13-22-11-7-8(16(19,20)21)5-6-9(11)14(23)25-13/h1-7,15H. The van der Waals surface area contributed by atoms with Crippen molar-refractivity contribution in [3.63, 3.8) is 0 Å². The number of para-hydroxylation sites is 1. The van der Waals surface area contributed by atoms with Crippen LogP contribution in [0.2, 0.25) is 0 Å². The molecular formula is C16H8F5NO3. The Bertz CT molecular complexity index is 981. The Labute approximate surface area is 136 Å². The predicted octanol–water partition coefficient (Wildman–Crippen LogP) is 4.48. The minimum atomic E-state index is -4.62. The zero-order valence-electron chi connectivity index (χ0n) is 12.2. The van der Waals surface area contributed by atoms with Gasteiger partial charge >= 0.3 is 18.4 Å². The number of benzene rings is 2. The number of halogens is 5. The van der Waals surface area contributed by atoms with Gasteiger partial charge in [-0.2, -0.15) is 22.0 Å². The summed E-state index contributed by atoms with van der Waals surface area (Å²) in [6.45, 7) is -3.13. The fraction of sp³-hybridized carbons (Fsp3) is 0.125. The van der Waals surface area contributed by atoms with E-state index in [-0.39, 0.29) is 22.2 Å². The number of hydrogen-bond donors (Lipinski definition) is 0. The highest BCUT2D eigenvalue weighted by Crippen LogP contribution is 2.32. The summed E-state index contributed by atoms with van der Waals surface area (Å²) >= 11 is 0. The summed E-state index contributed by atoms with van der Waals surface area (Å²) in [5.41, 5.74) is -2.30. The molecule has 0 bridgehead atoms. The third-order valence-electron chi connectivity index (χ3n) is 3.29. The molecule has 9 heteroatoms. The van der Waals surface area contributed by atoms with Crippen molar-refractivity contribution in [2.24, 2.45) is 0 Å². The predicted molar refractivity (Wildman–Crippen MR) is 77.3 cm³/mol. The molecule has 0 aliphatic carbocycles. The van der Waals surface area contributed by atoms with Gasteiger partial charge in [0.15, 0.2) is 0 Å². The second-order valence-corrected chi connectivity index (χ2v) is 4.91.